The molecule has 0 aliphatic carbocycles. The molecule has 136 valence electrons. The number of hydrogen-bond donors (Lipinski definition) is 0. The van der Waals surface area contributed by atoms with Gasteiger partial charge in [-0.3, -0.25) is 9.59 Å². The van der Waals surface area contributed by atoms with Gasteiger partial charge in [-0.15, -0.1) is 6.58 Å². The predicted octanol–water partition coefficient (Wildman–Crippen LogP) is 1.96. The number of piperazine rings is 1. The molecule has 0 bridgehead atoms. The summed E-state index contributed by atoms with van der Waals surface area (Å²) in [5.41, 5.74) is 0.597. The first-order valence-electron chi connectivity index (χ1n) is 8.51. The Labute approximate surface area is 149 Å². The molecule has 6 nitrogen and oxygen atoms in total. The molecule has 0 radical (unpaired) electrons. The van der Waals surface area contributed by atoms with Gasteiger partial charge in [0.1, 0.15) is 11.9 Å². The van der Waals surface area contributed by atoms with E-state index in [0.717, 1.165) is 6.42 Å². The van der Waals surface area contributed by atoms with Crippen molar-refractivity contribution in [2.75, 3.05) is 39.9 Å². The normalized spacial score (nSPS) is 15.6. The molecule has 1 fully saturated rings. The second kappa shape index (κ2) is 9.22. The van der Waals surface area contributed by atoms with Gasteiger partial charge in [0.05, 0.1) is 13.7 Å². The van der Waals surface area contributed by atoms with Gasteiger partial charge in [0.25, 0.3) is 11.8 Å². The molecule has 1 aliphatic rings. The SMILES string of the molecule is C=CCCOC(C)C(=O)N1CCN(C(=O)c2cccc(OC)c2)CC1. The van der Waals surface area contributed by atoms with E-state index in [1.165, 1.54) is 0 Å². The number of carbonyl (C=O) groups is 2. The van der Waals surface area contributed by atoms with Crippen molar-refractivity contribution in [3.63, 3.8) is 0 Å². The molecule has 1 aliphatic heterocycles. The van der Waals surface area contributed by atoms with Crippen LogP contribution >= 0.6 is 0 Å². The van der Waals surface area contributed by atoms with E-state index < -0.39 is 6.10 Å². The summed E-state index contributed by atoms with van der Waals surface area (Å²) in [7, 11) is 1.58. The number of rotatable bonds is 7. The van der Waals surface area contributed by atoms with Gasteiger partial charge in [0.2, 0.25) is 0 Å². The predicted molar refractivity (Wildman–Crippen MR) is 95.7 cm³/mol. The highest BCUT2D eigenvalue weighted by molar-refractivity contribution is 5.94. The van der Waals surface area contributed by atoms with Gasteiger partial charge in [-0.25, -0.2) is 0 Å². The molecule has 1 atom stereocenters. The number of amides is 2. The summed E-state index contributed by atoms with van der Waals surface area (Å²) in [6.07, 6.45) is 2.02. The van der Waals surface area contributed by atoms with Crippen LogP contribution in [0.1, 0.15) is 23.7 Å². The molecule has 1 heterocycles. The minimum absolute atomic E-state index is 0.0301. The quantitative estimate of drug-likeness (QED) is 0.559. The topological polar surface area (TPSA) is 59.1 Å². The Kier molecular flexibility index (Phi) is 7.01. The molecule has 0 aromatic heterocycles. The third-order valence-electron chi connectivity index (χ3n) is 4.23. The van der Waals surface area contributed by atoms with E-state index in [1.807, 2.05) is 0 Å². The molecule has 1 aromatic carbocycles. The first kappa shape index (κ1) is 19.0. The van der Waals surface area contributed by atoms with Gasteiger partial charge in [0.15, 0.2) is 0 Å². The third kappa shape index (κ3) is 5.06. The average Bonchev–Trinajstić information content (AvgIpc) is 2.67. The van der Waals surface area contributed by atoms with Crippen molar-refractivity contribution in [2.45, 2.75) is 19.4 Å². The molecule has 2 amide bonds. The Morgan fingerprint density at radius 3 is 2.56 bits per heavy atom. The van der Waals surface area contributed by atoms with Gasteiger partial charge in [-0.1, -0.05) is 12.1 Å². The van der Waals surface area contributed by atoms with E-state index in [0.29, 0.717) is 44.1 Å². The Morgan fingerprint density at radius 1 is 1.24 bits per heavy atom. The summed E-state index contributed by atoms with van der Waals surface area (Å²) in [6, 6.07) is 7.11. The van der Waals surface area contributed by atoms with E-state index in [2.05, 4.69) is 6.58 Å². The van der Waals surface area contributed by atoms with Crippen LogP contribution in [0, 0.1) is 0 Å². The molecule has 6 heteroatoms. The molecular formula is C19H26N2O4. The highest BCUT2D eigenvalue weighted by atomic mass is 16.5. The molecule has 2 rings (SSSR count). The van der Waals surface area contributed by atoms with Crippen molar-refractivity contribution in [3.05, 3.63) is 42.5 Å². The summed E-state index contributed by atoms with van der Waals surface area (Å²) < 4.78 is 10.7. The smallest absolute Gasteiger partial charge is 0.254 e. The van der Waals surface area contributed by atoms with Crippen LogP contribution in [0.4, 0.5) is 0 Å². The lowest BCUT2D eigenvalue weighted by atomic mass is 10.1. The monoisotopic (exact) mass is 346 g/mol. The van der Waals surface area contributed by atoms with Crippen LogP contribution in [-0.4, -0.2) is 67.6 Å². The molecule has 0 saturated carbocycles. The maximum absolute atomic E-state index is 12.6. The Balaban J connectivity index is 1.87. The van der Waals surface area contributed by atoms with Crippen LogP contribution in [0.3, 0.4) is 0 Å². The van der Waals surface area contributed by atoms with Gasteiger partial charge in [-0.05, 0) is 31.5 Å². The number of hydrogen-bond acceptors (Lipinski definition) is 4. The summed E-state index contributed by atoms with van der Waals surface area (Å²) in [4.78, 5) is 28.5. The molecule has 0 spiro atoms. The van der Waals surface area contributed by atoms with Crippen molar-refractivity contribution in [3.8, 4) is 5.75 Å². The summed E-state index contributed by atoms with van der Waals surface area (Å²) in [5, 5.41) is 0. The second-order valence-corrected chi connectivity index (χ2v) is 5.94. The molecule has 0 N–H and O–H groups in total. The van der Waals surface area contributed by atoms with Crippen molar-refractivity contribution >= 4 is 11.8 Å². The van der Waals surface area contributed by atoms with Crippen molar-refractivity contribution < 1.29 is 19.1 Å². The zero-order chi connectivity index (χ0) is 18.2. The minimum Gasteiger partial charge on any atom is -0.497 e. The lowest BCUT2D eigenvalue weighted by molar-refractivity contribution is -0.144. The van der Waals surface area contributed by atoms with Crippen molar-refractivity contribution in [1.82, 2.24) is 9.80 Å². The standard InChI is InChI=1S/C19H26N2O4/c1-4-5-13-25-15(2)18(22)20-9-11-21(12-10-20)19(23)16-7-6-8-17(14-16)24-3/h4,6-8,14-15H,1,5,9-13H2,2-3H3. The number of ether oxygens (including phenoxy) is 2. The van der Waals surface area contributed by atoms with E-state index in [4.69, 9.17) is 9.47 Å². The Hall–Kier alpha value is -2.34. The third-order valence-corrected chi connectivity index (χ3v) is 4.23. The largest absolute Gasteiger partial charge is 0.497 e. The highest BCUT2D eigenvalue weighted by Crippen LogP contribution is 2.16. The van der Waals surface area contributed by atoms with Gasteiger partial charge in [0, 0.05) is 31.7 Å². The Morgan fingerprint density at radius 2 is 1.92 bits per heavy atom. The fourth-order valence-electron chi connectivity index (χ4n) is 2.73. The number of benzene rings is 1. The first-order valence-corrected chi connectivity index (χ1v) is 8.51. The second-order valence-electron chi connectivity index (χ2n) is 5.94. The van der Waals surface area contributed by atoms with E-state index in [-0.39, 0.29) is 11.8 Å². The number of carbonyl (C=O) groups excluding carboxylic acids is 2. The van der Waals surface area contributed by atoms with E-state index in [9.17, 15) is 9.59 Å². The maximum atomic E-state index is 12.6. The van der Waals surface area contributed by atoms with Gasteiger partial charge < -0.3 is 19.3 Å². The summed E-state index contributed by atoms with van der Waals surface area (Å²) in [6.45, 7) is 7.95. The van der Waals surface area contributed by atoms with Crippen LogP contribution in [0.2, 0.25) is 0 Å². The van der Waals surface area contributed by atoms with Crippen LogP contribution in [-0.2, 0) is 9.53 Å². The zero-order valence-corrected chi connectivity index (χ0v) is 14.9. The van der Waals surface area contributed by atoms with Gasteiger partial charge >= 0.3 is 0 Å². The molecule has 1 unspecified atom stereocenters. The Bertz CT molecular complexity index is 609. The van der Waals surface area contributed by atoms with E-state index >= 15 is 0 Å². The van der Waals surface area contributed by atoms with Crippen molar-refractivity contribution in [2.24, 2.45) is 0 Å². The van der Waals surface area contributed by atoms with Crippen LogP contribution in [0.15, 0.2) is 36.9 Å². The summed E-state index contributed by atoms with van der Waals surface area (Å²) in [5.74, 6) is 0.587. The van der Waals surface area contributed by atoms with Gasteiger partial charge in [-0.2, -0.15) is 0 Å². The van der Waals surface area contributed by atoms with E-state index in [1.54, 1.807) is 54.2 Å². The molecular weight excluding hydrogens is 320 g/mol. The first-order chi connectivity index (χ1) is 12.1. The maximum Gasteiger partial charge on any atom is 0.254 e. The van der Waals surface area contributed by atoms with Crippen LogP contribution in [0.5, 0.6) is 5.75 Å². The minimum atomic E-state index is -0.472. The highest BCUT2D eigenvalue weighted by Gasteiger charge is 2.27. The van der Waals surface area contributed by atoms with Crippen molar-refractivity contribution in [1.29, 1.82) is 0 Å². The lowest BCUT2D eigenvalue weighted by Gasteiger charge is -2.36. The fourth-order valence-corrected chi connectivity index (χ4v) is 2.73. The molecule has 1 saturated heterocycles. The zero-order valence-electron chi connectivity index (χ0n) is 14.9. The van der Waals surface area contributed by atoms with Crippen LogP contribution < -0.4 is 4.74 Å². The lowest BCUT2D eigenvalue weighted by Crippen LogP contribution is -2.52. The molecule has 1 aromatic rings. The number of nitrogens with zero attached hydrogens (tertiary/aromatic N) is 2. The number of methoxy groups -OCH3 is 1. The fraction of sp³-hybridized carbons (Fsp3) is 0.474. The average molecular weight is 346 g/mol. The summed E-state index contributed by atoms with van der Waals surface area (Å²) >= 11 is 0. The molecule has 25 heavy (non-hydrogen) atoms. The van der Waals surface area contributed by atoms with Crippen LogP contribution in [0.25, 0.3) is 0 Å².